The Hall–Kier alpha value is -2.42. The molecule has 3 N–H and O–H groups in total. The molecule has 1 aromatic carbocycles. The van der Waals surface area contributed by atoms with Crippen LogP contribution in [0.2, 0.25) is 0 Å². The van der Waals surface area contributed by atoms with Crippen molar-refractivity contribution < 1.29 is 29.3 Å². The predicted octanol–water partition coefficient (Wildman–Crippen LogP) is 1.12. The molecule has 5 rings (SSSR count). The van der Waals surface area contributed by atoms with Crippen molar-refractivity contribution in [3.05, 3.63) is 41.5 Å². The van der Waals surface area contributed by atoms with E-state index in [1.165, 1.54) is 0 Å². The normalized spacial score (nSPS) is 30.5. The van der Waals surface area contributed by atoms with Crippen LogP contribution in [0.3, 0.4) is 0 Å². The first-order chi connectivity index (χ1) is 16.1. The minimum Gasteiger partial charge on any atom is -0.486 e. The fourth-order valence-electron chi connectivity index (χ4n) is 5.45. The molecule has 0 radical (unpaired) electrons. The fraction of sp³-hybridized carbons (Fsp3) is 0.600. The average Bonchev–Trinajstić information content (AvgIpc) is 3.43. The van der Waals surface area contributed by atoms with Crippen molar-refractivity contribution in [1.29, 1.82) is 0 Å². The number of nitrogens with zero attached hydrogens (tertiary/aromatic N) is 1. The smallest absolute Gasteiger partial charge is 0.247 e. The van der Waals surface area contributed by atoms with Gasteiger partial charge >= 0.3 is 0 Å². The van der Waals surface area contributed by atoms with E-state index >= 15 is 0 Å². The number of aliphatic hydroxyl groups is 2. The maximum absolute atomic E-state index is 13.5. The highest BCUT2D eigenvalue weighted by molar-refractivity contribution is 5.96. The molecule has 8 nitrogen and oxygen atoms in total. The van der Waals surface area contributed by atoms with Crippen LogP contribution in [0.15, 0.2) is 35.9 Å². The van der Waals surface area contributed by atoms with Crippen LogP contribution < -0.4 is 10.1 Å². The Kier molecular flexibility index (Phi) is 6.40. The summed E-state index contributed by atoms with van der Waals surface area (Å²) in [7, 11) is 0. The van der Waals surface area contributed by atoms with Crippen molar-refractivity contribution in [2.45, 2.75) is 62.4 Å². The summed E-state index contributed by atoms with van der Waals surface area (Å²) >= 11 is 0. The molecule has 0 bridgehead atoms. The fourth-order valence-corrected chi connectivity index (χ4v) is 5.45. The van der Waals surface area contributed by atoms with Gasteiger partial charge in [0.25, 0.3) is 0 Å². The van der Waals surface area contributed by atoms with Gasteiger partial charge in [-0.05, 0) is 37.8 Å². The molecule has 2 fully saturated rings. The quantitative estimate of drug-likeness (QED) is 0.568. The molecular formula is C25H32N2O6. The highest BCUT2D eigenvalue weighted by Gasteiger charge is 2.51. The van der Waals surface area contributed by atoms with Crippen LogP contribution >= 0.6 is 0 Å². The Balaban J connectivity index is 1.51. The SMILES string of the molecule is O=C(NCCO)C1=CC(N(CC2CCCO2)C(=O)C2CCC2)C(O)C2Oc3ccccc3C12. The van der Waals surface area contributed by atoms with Gasteiger partial charge in [-0.2, -0.15) is 0 Å². The zero-order valence-electron chi connectivity index (χ0n) is 18.7. The molecule has 4 aliphatic rings. The van der Waals surface area contributed by atoms with Gasteiger partial charge in [-0.15, -0.1) is 0 Å². The van der Waals surface area contributed by atoms with Crippen molar-refractivity contribution in [3.63, 3.8) is 0 Å². The minimum atomic E-state index is -0.984. The number of ether oxygens (including phenoxy) is 2. The molecule has 5 atom stereocenters. The zero-order chi connectivity index (χ0) is 22.9. The number of aliphatic hydroxyl groups excluding tert-OH is 2. The Bertz CT molecular complexity index is 923. The lowest BCUT2D eigenvalue weighted by Crippen LogP contribution is -2.58. The molecule has 2 amide bonds. The number of carbonyl (C=O) groups is 2. The lowest BCUT2D eigenvalue weighted by Gasteiger charge is -2.43. The van der Waals surface area contributed by atoms with E-state index in [1.807, 2.05) is 24.3 Å². The molecule has 2 aliphatic heterocycles. The Morgan fingerprint density at radius 3 is 2.67 bits per heavy atom. The molecule has 1 saturated carbocycles. The van der Waals surface area contributed by atoms with E-state index in [-0.39, 0.29) is 37.0 Å². The van der Waals surface area contributed by atoms with Gasteiger partial charge in [0.2, 0.25) is 11.8 Å². The topological polar surface area (TPSA) is 108 Å². The number of fused-ring (bicyclic) bond motifs is 3. The lowest BCUT2D eigenvalue weighted by molar-refractivity contribution is -0.146. The first-order valence-electron chi connectivity index (χ1n) is 12.0. The van der Waals surface area contributed by atoms with Crippen molar-refractivity contribution >= 4 is 11.8 Å². The third kappa shape index (κ3) is 4.16. The molecule has 0 spiro atoms. The zero-order valence-corrected chi connectivity index (χ0v) is 18.7. The number of hydrogen-bond donors (Lipinski definition) is 3. The van der Waals surface area contributed by atoms with Crippen LogP contribution in [-0.4, -0.2) is 77.6 Å². The maximum atomic E-state index is 13.5. The van der Waals surface area contributed by atoms with Crippen molar-refractivity contribution in [3.8, 4) is 5.75 Å². The highest BCUT2D eigenvalue weighted by atomic mass is 16.5. The molecule has 8 heteroatoms. The van der Waals surface area contributed by atoms with Crippen LogP contribution in [0.1, 0.15) is 43.6 Å². The first-order valence-corrected chi connectivity index (χ1v) is 12.0. The Morgan fingerprint density at radius 2 is 1.97 bits per heavy atom. The third-order valence-corrected chi connectivity index (χ3v) is 7.40. The molecule has 2 aliphatic carbocycles. The molecule has 33 heavy (non-hydrogen) atoms. The van der Waals surface area contributed by atoms with Gasteiger partial charge in [-0.3, -0.25) is 9.59 Å². The van der Waals surface area contributed by atoms with Crippen LogP contribution in [0.25, 0.3) is 0 Å². The number of rotatable bonds is 7. The van der Waals surface area contributed by atoms with Gasteiger partial charge in [0.05, 0.1) is 24.7 Å². The van der Waals surface area contributed by atoms with E-state index in [2.05, 4.69) is 5.32 Å². The van der Waals surface area contributed by atoms with Crippen molar-refractivity contribution in [1.82, 2.24) is 10.2 Å². The number of carbonyl (C=O) groups excluding carboxylic acids is 2. The molecule has 2 heterocycles. The van der Waals surface area contributed by atoms with Gasteiger partial charge < -0.3 is 29.9 Å². The minimum absolute atomic E-state index is 0.0149. The summed E-state index contributed by atoms with van der Waals surface area (Å²) in [5.41, 5.74) is 1.31. The molecule has 178 valence electrons. The summed E-state index contributed by atoms with van der Waals surface area (Å²) in [6, 6.07) is 6.80. The number of para-hydroxylation sites is 1. The van der Waals surface area contributed by atoms with Crippen LogP contribution in [0.4, 0.5) is 0 Å². The lowest BCUT2D eigenvalue weighted by atomic mass is 9.76. The van der Waals surface area contributed by atoms with E-state index in [9.17, 15) is 19.8 Å². The first kappa shape index (κ1) is 22.4. The van der Waals surface area contributed by atoms with Crippen molar-refractivity contribution in [2.24, 2.45) is 5.92 Å². The summed E-state index contributed by atoms with van der Waals surface area (Å²) in [5, 5.41) is 23.4. The van der Waals surface area contributed by atoms with E-state index in [0.717, 1.165) is 37.7 Å². The number of benzene rings is 1. The monoisotopic (exact) mass is 456 g/mol. The van der Waals surface area contributed by atoms with E-state index in [0.29, 0.717) is 24.5 Å². The Labute approximate surface area is 193 Å². The maximum Gasteiger partial charge on any atom is 0.247 e. The highest BCUT2D eigenvalue weighted by Crippen LogP contribution is 2.47. The van der Waals surface area contributed by atoms with Crippen LogP contribution in [0.5, 0.6) is 5.75 Å². The summed E-state index contributed by atoms with van der Waals surface area (Å²) in [5.74, 6) is -0.137. The van der Waals surface area contributed by atoms with Crippen LogP contribution in [-0.2, 0) is 14.3 Å². The van der Waals surface area contributed by atoms with E-state index in [1.54, 1.807) is 11.0 Å². The third-order valence-electron chi connectivity index (χ3n) is 7.40. The molecule has 1 aromatic rings. The number of amides is 2. The summed E-state index contributed by atoms with van der Waals surface area (Å²) in [4.78, 5) is 28.3. The standard InChI is InChI=1S/C25H32N2O6/c28-11-10-26-24(30)18-13-19(22(29)23-21(18)17-8-1-2-9-20(17)33-23)27(14-16-7-4-12-32-16)25(31)15-5-3-6-15/h1-2,8-9,13,15-16,19,21-23,28-29H,3-7,10-12,14H2,(H,26,30). The largest absolute Gasteiger partial charge is 0.486 e. The second-order valence-corrected chi connectivity index (χ2v) is 9.43. The van der Waals surface area contributed by atoms with Gasteiger partial charge in [0.1, 0.15) is 18.0 Å². The average molecular weight is 457 g/mol. The molecule has 5 unspecified atom stereocenters. The van der Waals surface area contributed by atoms with Gasteiger partial charge in [0, 0.05) is 36.8 Å². The van der Waals surface area contributed by atoms with Crippen LogP contribution in [0, 0.1) is 5.92 Å². The van der Waals surface area contributed by atoms with Crippen molar-refractivity contribution in [2.75, 3.05) is 26.3 Å². The van der Waals surface area contributed by atoms with E-state index < -0.39 is 24.2 Å². The molecular weight excluding hydrogens is 424 g/mol. The second kappa shape index (κ2) is 9.44. The summed E-state index contributed by atoms with van der Waals surface area (Å²) in [6.45, 7) is 1.03. The molecule has 1 saturated heterocycles. The van der Waals surface area contributed by atoms with Gasteiger partial charge in [-0.25, -0.2) is 0 Å². The predicted molar refractivity (Wildman–Crippen MR) is 120 cm³/mol. The molecule has 0 aromatic heterocycles. The Morgan fingerprint density at radius 1 is 1.15 bits per heavy atom. The number of hydrogen-bond acceptors (Lipinski definition) is 6. The van der Waals surface area contributed by atoms with Gasteiger partial charge in [0.15, 0.2) is 0 Å². The number of nitrogens with one attached hydrogen (secondary N) is 1. The summed E-state index contributed by atoms with van der Waals surface area (Å²) in [6.07, 6.45) is 4.59. The van der Waals surface area contributed by atoms with E-state index in [4.69, 9.17) is 9.47 Å². The second-order valence-electron chi connectivity index (χ2n) is 9.43. The van der Waals surface area contributed by atoms with Gasteiger partial charge in [-0.1, -0.05) is 24.6 Å². The summed E-state index contributed by atoms with van der Waals surface area (Å²) < 4.78 is 12.0.